The molecular weight excluding hydrogens is 358 g/mol. The minimum Gasteiger partial charge on any atom is -0.392 e. The van der Waals surface area contributed by atoms with Crippen molar-refractivity contribution >= 4 is 27.5 Å². The van der Waals surface area contributed by atoms with Gasteiger partial charge < -0.3 is 9.67 Å². The molecule has 2 unspecified atom stereocenters. The van der Waals surface area contributed by atoms with Gasteiger partial charge in [0.15, 0.2) is 0 Å². The van der Waals surface area contributed by atoms with Crippen LogP contribution in [0.1, 0.15) is 30.9 Å². The van der Waals surface area contributed by atoms with E-state index in [1.165, 1.54) is 16.8 Å². The summed E-state index contributed by atoms with van der Waals surface area (Å²) in [6, 6.07) is 12.4. The maximum absolute atomic E-state index is 9.52. The number of aliphatic hydroxyl groups is 1. The lowest BCUT2D eigenvalue weighted by atomic mass is 9.78. The molecule has 5 rings (SSSR count). The topological polar surface area (TPSA) is 50.9 Å². The van der Waals surface area contributed by atoms with Gasteiger partial charge in [-0.25, -0.2) is 0 Å². The second kappa shape index (κ2) is 6.98. The number of nitrogens with zero attached hydrogens (tertiary/aromatic N) is 3. The Kier molecular flexibility index (Phi) is 4.29. The number of pyridine rings is 2. The van der Waals surface area contributed by atoms with Gasteiger partial charge in [0.25, 0.3) is 0 Å². The lowest BCUT2D eigenvalue weighted by Crippen LogP contribution is -2.15. The third-order valence-corrected chi connectivity index (χ3v) is 5.94. The number of rotatable bonds is 3. The average Bonchev–Trinajstić information content (AvgIpc) is 3.08. The molecule has 0 spiro atoms. The second-order valence-corrected chi connectivity index (χ2v) is 7.84. The summed E-state index contributed by atoms with van der Waals surface area (Å²) in [4.78, 5) is 8.65. The standard InChI is InChI=1S/C25H23N3O/c1-16-10-20(11-17(2)25(16)19-5-3-4-18(12-19)15-29)28-23-6-8-26-13-21(23)22-14-27-9-7-24(22)28/h3-14,16,25,29H,15H2,1-2H3. The molecule has 4 heteroatoms. The van der Waals surface area contributed by atoms with Crippen molar-refractivity contribution in [2.45, 2.75) is 26.4 Å². The Balaban J connectivity index is 1.65. The quantitative estimate of drug-likeness (QED) is 0.524. The minimum atomic E-state index is 0.0716. The molecule has 1 aliphatic rings. The van der Waals surface area contributed by atoms with Crippen LogP contribution in [-0.4, -0.2) is 19.6 Å². The largest absolute Gasteiger partial charge is 0.392 e. The van der Waals surface area contributed by atoms with Crippen LogP contribution in [0.3, 0.4) is 0 Å². The van der Waals surface area contributed by atoms with Gasteiger partial charge in [0.05, 0.1) is 17.6 Å². The Labute approximate surface area is 169 Å². The van der Waals surface area contributed by atoms with Crippen molar-refractivity contribution < 1.29 is 5.11 Å². The van der Waals surface area contributed by atoms with E-state index in [2.05, 4.69) is 64.8 Å². The lowest BCUT2D eigenvalue weighted by molar-refractivity contribution is 0.281. The predicted octanol–water partition coefficient (Wildman–Crippen LogP) is 5.30. The van der Waals surface area contributed by atoms with E-state index in [0.717, 1.165) is 27.4 Å². The highest BCUT2D eigenvalue weighted by Crippen LogP contribution is 2.40. The number of benzene rings is 1. The zero-order valence-electron chi connectivity index (χ0n) is 16.6. The molecule has 4 aromatic rings. The van der Waals surface area contributed by atoms with Crippen LogP contribution in [-0.2, 0) is 6.61 Å². The molecule has 1 aliphatic carbocycles. The zero-order valence-corrected chi connectivity index (χ0v) is 16.6. The molecule has 144 valence electrons. The number of hydrogen-bond donors (Lipinski definition) is 1. The molecule has 1 aromatic carbocycles. The van der Waals surface area contributed by atoms with Gasteiger partial charge in [0.1, 0.15) is 0 Å². The molecule has 0 saturated carbocycles. The molecule has 0 fully saturated rings. The molecular formula is C25H23N3O. The number of aromatic nitrogens is 3. The monoisotopic (exact) mass is 381 g/mol. The fourth-order valence-electron chi connectivity index (χ4n) is 4.73. The molecule has 3 heterocycles. The van der Waals surface area contributed by atoms with Gasteiger partial charge in [0.2, 0.25) is 0 Å². The van der Waals surface area contributed by atoms with Crippen LogP contribution >= 0.6 is 0 Å². The number of allylic oxidation sites excluding steroid dienone is 4. The summed E-state index contributed by atoms with van der Waals surface area (Å²) >= 11 is 0. The van der Waals surface area contributed by atoms with Gasteiger partial charge >= 0.3 is 0 Å². The fourth-order valence-corrected chi connectivity index (χ4v) is 4.73. The molecule has 0 aliphatic heterocycles. The molecule has 0 amide bonds. The number of aliphatic hydroxyl groups excluding tert-OH is 1. The van der Waals surface area contributed by atoms with E-state index < -0.39 is 0 Å². The van der Waals surface area contributed by atoms with Crippen molar-refractivity contribution in [2.24, 2.45) is 5.92 Å². The van der Waals surface area contributed by atoms with Crippen LogP contribution < -0.4 is 0 Å². The van der Waals surface area contributed by atoms with E-state index in [-0.39, 0.29) is 6.61 Å². The zero-order chi connectivity index (χ0) is 20.0. The summed E-state index contributed by atoms with van der Waals surface area (Å²) in [6.45, 7) is 4.54. The summed E-state index contributed by atoms with van der Waals surface area (Å²) in [5.74, 6) is 0.641. The molecule has 0 bridgehead atoms. The highest BCUT2D eigenvalue weighted by Gasteiger charge is 2.25. The van der Waals surface area contributed by atoms with Crippen molar-refractivity contribution in [3.8, 4) is 0 Å². The van der Waals surface area contributed by atoms with E-state index in [4.69, 9.17) is 0 Å². The molecule has 2 atom stereocenters. The third-order valence-electron chi connectivity index (χ3n) is 5.94. The first kappa shape index (κ1) is 17.8. The van der Waals surface area contributed by atoms with Gasteiger partial charge in [-0.2, -0.15) is 0 Å². The average molecular weight is 381 g/mol. The molecule has 29 heavy (non-hydrogen) atoms. The van der Waals surface area contributed by atoms with Crippen LogP contribution in [0.15, 0.2) is 78.9 Å². The Bertz CT molecular complexity index is 1230. The third kappa shape index (κ3) is 2.88. The summed E-state index contributed by atoms with van der Waals surface area (Å²) < 4.78 is 2.31. The molecule has 3 aromatic heterocycles. The smallest absolute Gasteiger partial charge is 0.0681 e. The van der Waals surface area contributed by atoms with Crippen LogP contribution in [0.4, 0.5) is 0 Å². The van der Waals surface area contributed by atoms with Crippen molar-refractivity contribution in [1.29, 1.82) is 0 Å². The van der Waals surface area contributed by atoms with E-state index in [1.807, 2.05) is 36.9 Å². The van der Waals surface area contributed by atoms with Crippen LogP contribution in [0, 0.1) is 5.92 Å². The summed E-state index contributed by atoms with van der Waals surface area (Å²) in [5.41, 5.74) is 7.01. The molecule has 4 nitrogen and oxygen atoms in total. The predicted molar refractivity (Wildman–Crippen MR) is 117 cm³/mol. The minimum absolute atomic E-state index is 0.0716. The fraction of sp³-hybridized carbons (Fsp3) is 0.200. The Hall–Kier alpha value is -3.24. The summed E-state index contributed by atoms with van der Waals surface area (Å²) in [6.07, 6.45) is 12.2. The lowest BCUT2D eigenvalue weighted by Gasteiger charge is -2.29. The van der Waals surface area contributed by atoms with E-state index in [9.17, 15) is 5.11 Å². The van der Waals surface area contributed by atoms with E-state index in [1.54, 1.807) is 0 Å². The highest BCUT2D eigenvalue weighted by atomic mass is 16.3. The van der Waals surface area contributed by atoms with Gasteiger partial charge in [-0.3, -0.25) is 9.97 Å². The van der Waals surface area contributed by atoms with Crippen LogP contribution in [0.2, 0.25) is 0 Å². The number of fused-ring (bicyclic) bond motifs is 3. The maximum atomic E-state index is 9.52. The van der Waals surface area contributed by atoms with E-state index in [0.29, 0.717) is 11.8 Å². The van der Waals surface area contributed by atoms with Gasteiger partial charge in [-0.05, 0) is 42.2 Å². The summed E-state index contributed by atoms with van der Waals surface area (Å²) in [7, 11) is 0. The van der Waals surface area contributed by atoms with Crippen molar-refractivity contribution in [3.63, 3.8) is 0 Å². The summed E-state index contributed by atoms with van der Waals surface area (Å²) in [5, 5.41) is 11.8. The first-order valence-electron chi connectivity index (χ1n) is 9.95. The normalized spacial score (nSPS) is 19.4. The van der Waals surface area contributed by atoms with Crippen molar-refractivity contribution in [1.82, 2.24) is 14.5 Å². The number of hydrogen-bond acceptors (Lipinski definition) is 3. The Morgan fingerprint density at radius 3 is 2.31 bits per heavy atom. The Morgan fingerprint density at radius 1 is 1.00 bits per heavy atom. The molecule has 0 radical (unpaired) electrons. The van der Waals surface area contributed by atoms with Crippen LogP contribution in [0.25, 0.3) is 27.5 Å². The SMILES string of the molecule is CC1=CC(n2c3ccncc3c3cnccc32)=CC(C)C1c1cccc(CO)c1. The van der Waals surface area contributed by atoms with E-state index >= 15 is 0 Å². The molecule has 1 N–H and O–H groups in total. The van der Waals surface area contributed by atoms with Crippen molar-refractivity contribution in [3.05, 3.63) is 90.0 Å². The maximum Gasteiger partial charge on any atom is 0.0681 e. The van der Waals surface area contributed by atoms with Gasteiger partial charge in [-0.1, -0.05) is 42.8 Å². The second-order valence-electron chi connectivity index (χ2n) is 7.84. The Morgan fingerprint density at radius 2 is 1.69 bits per heavy atom. The molecule has 0 saturated heterocycles. The van der Waals surface area contributed by atoms with Gasteiger partial charge in [0, 0.05) is 47.2 Å². The van der Waals surface area contributed by atoms with Crippen molar-refractivity contribution in [2.75, 3.05) is 0 Å². The first-order valence-corrected chi connectivity index (χ1v) is 9.95. The first-order chi connectivity index (χ1) is 14.2. The van der Waals surface area contributed by atoms with Crippen LogP contribution in [0.5, 0.6) is 0 Å². The highest BCUT2D eigenvalue weighted by molar-refractivity contribution is 6.09. The van der Waals surface area contributed by atoms with Gasteiger partial charge in [-0.15, -0.1) is 0 Å².